The zero-order chi connectivity index (χ0) is 20.4. The highest BCUT2D eigenvalue weighted by atomic mass is 16.5. The van der Waals surface area contributed by atoms with Gasteiger partial charge in [-0.3, -0.25) is 4.79 Å². The van der Waals surface area contributed by atoms with E-state index in [1.54, 1.807) is 0 Å². The standard InChI is InChI=1S/C24H29N3O2/c1-4-29-22-12-8-7-11-21(22)27-15-13-26(14-16-27)18(3)24(28)23-17(2)25-20-10-6-5-9-19(20)23/h5-12,18,25H,4,13-16H2,1-3H3/p+1/t18-/m0/s1. The van der Waals surface area contributed by atoms with Crippen molar-refractivity contribution in [2.24, 2.45) is 0 Å². The molecule has 5 heteroatoms. The molecule has 2 N–H and O–H groups in total. The molecule has 0 saturated carbocycles. The van der Waals surface area contributed by atoms with E-state index >= 15 is 0 Å². The lowest BCUT2D eigenvalue weighted by Crippen LogP contribution is -3.18. The molecule has 4 rings (SSSR count). The number of carbonyl (C=O) groups is 1. The van der Waals surface area contributed by atoms with Crippen LogP contribution in [-0.4, -0.2) is 49.6 Å². The van der Waals surface area contributed by atoms with Gasteiger partial charge >= 0.3 is 0 Å². The van der Waals surface area contributed by atoms with Crippen molar-refractivity contribution in [3.8, 4) is 5.75 Å². The van der Waals surface area contributed by atoms with Crippen LogP contribution >= 0.6 is 0 Å². The number of Topliss-reactive ketones (excluding diaryl/α,β-unsaturated/α-hetero) is 1. The van der Waals surface area contributed by atoms with Crippen molar-refractivity contribution in [2.75, 3.05) is 37.7 Å². The Kier molecular flexibility index (Phi) is 5.58. The molecule has 1 fully saturated rings. The number of fused-ring (bicyclic) bond motifs is 1. The van der Waals surface area contributed by atoms with Crippen molar-refractivity contribution in [2.45, 2.75) is 26.8 Å². The summed E-state index contributed by atoms with van der Waals surface area (Å²) < 4.78 is 5.80. The zero-order valence-corrected chi connectivity index (χ0v) is 17.5. The summed E-state index contributed by atoms with van der Waals surface area (Å²) in [4.78, 5) is 20.4. The molecule has 1 aliphatic rings. The molecule has 0 radical (unpaired) electrons. The predicted octanol–water partition coefficient (Wildman–Crippen LogP) is 2.85. The predicted molar refractivity (Wildman–Crippen MR) is 117 cm³/mol. The monoisotopic (exact) mass is 392 g/mol. The molecule has 1 atom stereocenters. The molecule has 0 spiro atoms. The van der Waals surface area contributed by atoms with Gasteiger partial charge in [-0.25, -0.2) is 0 Å². The molecule has 5 nitrogen and oxygen atoms in total. The van der Waals surface area contributed by atoms with Gasteiger partial charge in [-0.2, -0.15) is 0 Å². The Morgan fingerprint density at radius 3 is 2.59 bits per heavy atom. The minimum Gasteiger partial charge on any atom is -0.492 e. The van der Waals surface area contributed by atoms with Crippen molar-refractivity contribution < 1.29 is 14.4 Å². The summed E-state index contributed by atoms with van der Waals surface area (Å²) in [6.45, 7) is 10.5. The molecule has 152 valence electrons. The van der Waals surface area contributed by atoms with Gasteiger partial charge in [0, 0.05) is 16.6 Å². The Hall–Kier alpha value is -2.79. The van der Waals surface area contributed by atoms with Gasteiger partial charge in [0.25, 0.3) is 0 Å². The summed E-state index contributed by atoms with van der Waals surface area (Å²) in [6.07, 6.45) is 0. The number of piperazine rings is 1. The maximum absolute atomic E-state index is 13.4. The quantitative estimate of drug-likeness (QED) is 0.634. The van der Waals surface area contributed by atoms with E-state index in [9.17, 15) is 4.79 Å². The SMILES string of the molecule is CCOc1ccccc1N1CC[NH+]([C@@H](C)C(=O)c2c(C)[nH]c3ccccc23)CC1. The number of aromatic amines is 1. The summed E-state index contributed by atoms with van der Waals surface area (Å²) in [5.74, 6) is 1.18. The molecule has 1 aromatic heterocycles. The lowest BCUT2D eigenvalue weighted by atomic mass is 10.0. The van der Waals surface area contributed by atoms with Crippen molar-refractivity contribution in [1.82, 2.24) is 4.98 Å². The van der Waals surface area contributed by atoms with E-state index in [0.717, 1.165) is 59.8 Å². The molecule has 0 unspecified atom stereocenters. The Morgan fingerprint density at radius 2 is 1.83 bits per heavy atom. The van der Waals surface area contributed by atoms with Crippen LogP contribution in [0.2, 0.25) is 0 Å². The second-order valence-corrected chi connectivity index (χ2v) is 7.80. The molecule has 2 heterocycles. The average molecular weight is 393 g/mol. The number of hydrogen-bond acceptors (Lipinski definition) is 3. The van der Waals surface area contributed by atoms with E-state index in [0.29, 0.717) is 6.61 Å². The highest BCUT2D eigenvalue weighted by Gasteiger charge is 2.32. The minimum atomic E-state index is -0.0582. The van der Waals surface area contributed by atoms with Crippen LogP contribution in [0.15, 0.2) is 48.5 Å². The van der Waals surface area contributed by atoms with E-state index in [-0.39, 0.29) is 11.8 Å². The number of benzene rings is 2. The fourth-order valence-corrected chi connectivity index (χ4v) is 4.46. The van der Waals surface area contributed by atoms with E-state index < -0.39 is 0 Å². The number of aromatic nitrogens is 1. The number of anilines is 1. The fourth-order valence-electron chi connectivity index (χ4n) is 4.46. The highest BCUT2D eigenvalue weighted by Crippen LogP contribution is 2.28. The number of ether oxygens (including phenoxy) is 1. The first kappa shape index (κ1) is 19.5. The first-order valence-electron chi connectivity index (χ1n) is 10.5. The first-order chi connectivity index (χ1) is 14.1. The Bertz CT molecular complexity index is 1000. The van der Waals surface area contributed by atoms with Gasteiger partial charge in [0.05, 0.1) is 44.0 Å². The average Bonchev–Trinajstić information content (AvgIpc) is 3.09. The largest absolute Gasteiger partial charge is 0.492 e. The molecule has 3 aromatic rings. The molecule has 0 amide bonds. The minimum absolute atomic E-state index is 0.0582. The van der Waals surface area contributed by atoms with Gasteiger partial charge in [0.1, 0.15) is 11.8 Å². The molecular formula is C24H30N3O2+. The maximum Gasteiger partial charge on any atom is 0.222 e. The molecule has 0 bridgehead atoms. The van der Waals surface area contributed by atoms with Gasteiger partial charge in [0.2, 0.25) is 5.78 Å². The van der Waals surface area contributed by atoms with Crippen molar-refractivity contribution in [1.29, 1.82) is 0 Å². The van der Waals surface area contributed by atoms with Crippen LogP contribution in [0.1, 0.15) is 29.9 Å². The Morgan fingerprint density at radius 1 is 1.14 bits per heavy atom. The number of carbonyl (C=O) groups excluding carboxylic acids is 1. The molecule has 2 aromatic carbocycles. The van der Waals surface area contributed by atoms with Gasteiger partial charge in [-0.1, -0.05) is 30.3 Å². The maximum atomic E-state index is 13.4. The molecule has 1 aliphatic heterocycles. The number of nitrogens with one attached hydrogen (secondary N) is 2. The number of hydrogen-bond donors (Lipinski definition) is 2. The number of nitrogens with zero attached hydrogens (tertiary/aromatic N) is 1. The molecule has 29 heavy (non-hydrogen) atoms. The number of para-hydroxylation sites is 3. The van der Waals surface area contributed by atoms with Gasteiger partial charge in [0.15, 0.2) is 0 Å². The van der Waals surface area contributed by atoms with Gasteiger partial charge in [-0.05, 0) is 39.0 Å². The van der Waals surface area contributed by atoms with E-state index in [4.69, 9.17) is 4.74 Å². The summed E-state index contributed by atoms with van der Waals surface area (Å²) >= 11 is 0. The summed E-state index contributed by atoms with van der Waals surface area (Å²) in [5.41, 5.74) is 4.00. The smallest absolute Gasteiger partial charge is 0.222 e. The molecular weight excluding hydrogens is 362 g/mol. The second-order valence-electron chi connectivity index (χ2n) is 7.80. The van der Waals surface area contributed by atoms with Crippen molar-refractivity contribution in [3.63, 3.8) is 0 Å². The highest BCUT2D eigenvalue weighted by molar-refractivity contribution is 6.10. The lowest BCUT2D eigenvalue weighted by Gasteiger charge is -2.36. The second kappa shape index (κ2) is 8.29. The molecule has 0 aliphatic carbocycles. The van der Waals surface area contributed by atoms with Gasteiger partial charge in [-0.15, -0.1) is 0 Å². The third-order valence-electron chi connectivity index (χ3n) is 6.06. The summed E-state index contributed by atoms with van der Waals surface area (Å²) in [6, 6.07) is 16.2. The third kappa shape index (κ3) is 3.75. The van der Waals surface area contributed by atoms with Crippen LogP contribution in [0.4, 0.5) is 5.69 Å². The number of quaternary nitrogens is 1. The lowest BCUT2D eigenvalue weighted by molar-refractivity contribution is -0.914. The Labute approximate surface area is 172 Å². The third-order valence-corrected chi connectivity index (χ3v) is 6.06. The topological polar surface area (TPSA) is 49.8 Å². The van der Waals surface area contributed by atoms with E-state index in [1.165, 1.54) is 4.90 Å². The summed E-state index contributed by atoms with van der Waals surface area (Å²) in [5, 5.41) is 1.03. The number of aryl methyl sites for hydroxylation is 1. The number of H-pyrrole nitrogens is 1. The number of ketones is 1. The van der Waals surface area contributed by atoms with Crippen molar-refractivity contribution in [3.05, 3.63) is 59.8 Å². The van der Waals surface area contributed by atoms with Crippen LogP contribution < -0.4 is 14.5 Å². The van der Waals surface area contributed by atoms with Gasteiger partial charge < -0.3 is 19.5 Å². The number of rotatable bonds is 6. The van der Waals surface area contributed by atoms with Crippen LogP contribution in [0.5, 0.6) is 5.75 Å². The zero-order valence-electron chi connectivity index (χ0n) is 17.5. The van der Waals surface area contributed by atoms with Crippen LogP contribution in [0.25, 0.3) is 10.9 Å². The Balaban J connectivity index is 1.47. The summed E-state index contributed by atoms with van der Waals surface area (Å²) in [7, 11) is 0. The van der Waals surface area contributed by atoms with Crippen molar-refractivity contribution >= 4 is 22.4 Å². The van der Waals surface area contributed by atoms with E-state index in [1.807, 2.05) is 50.2 Å². The first-order valence-corrected chi connectivity index (χ1v) is 10.5. The van der Waals surface area contributed by atoms with Crippen LogP contribution in [0, 0.1) is 6.92 Å². The fraction of sp³-hybridized carbons (Fsp3) is 0.375. The van der Waals surface area contributed by atoms with E-state index in [2.05, 4.69) is 28.9 Å². The normalized spacial score (nSPS) is 16.2. The molecule has 1 saturated heterocycles. The van der Waals surface area contributed by atoms with Crippen LogP contribution in [0.3, 0.4) is 0 Å². The van der Waals surface area contributed by atoms with Crippen LogP contribution in [-0.2, 0) is 0 Å².